The Hall–Kier alpha value is -3.93. The van der Waals surface area contributed by atoms with Gasteiger partial charge in [-0.05, 0) is 81.6 Å². The van der Waals surface area contributed by atoms with E-state index in [9.17, 15) is 27.9 Å². The number of carbonyl (C=O) groups excluding carboxylic acids is 2. The number of hydrogen-bond donors (Lipinski definition) is 2. The molecule has 0 saturated heterocycles. The minimum Gasteiger partial charge on any atom is -0.490 e. The van der Waals surface area contributed by atoms with Gasteiger partial charge in [-0.15, -0.1) is 0 Å². The first-order chi connectivity index (χ1) is 23.3. The van der Waals surface area contributed by atoms with Crippen LogP contribution in [-0.4, -0.2) is 78.3 Å². The Bertz CT molecular complexity index is 1500. The fourth-order valence-corrected chi connectivity index (χ4v) is 5.93. The van der Waals surface area contributed by atoms with Crippen LogP contribution < -0.4 is 10.1 Å². The van der Waals surface area contributed by atoms with Crippen molar-refractivity contribution in [3.63, 3.8) is 0 Å². The van der Waals surface area contributed by atoms with E-state index in [1.54, 1.807) is 30.0 Å². The molecule has 0 aliphatic carbocycles. The summed E-state index contributed by atoms with van der Waals surface area (Å²) in [5.74, 6) is -0.331. The van der Waals surface area contributed by atoms with Crippen molar-refractivity contribution >= 4 is 17.5 Å². The smallest absolute Gasteiger partial charge is 0.416 e. The summed E-state index contributed by atoms with van der Waals surface area (Å²) >= 11 is 0. The lowest BCUT2D eigenvalue weighted by Gasteiger charge is -2.36. The predicted molar refractivity (Wildman–Crippen MR) is 183 cm³/mol. The van der Waals surface area contributed by atoms with Crippen molar-refractivity contribution in [2.45, 2.75) is 77.4 Å². The summed E-state index contributed by atoms with van der Waals surface area (Å²) in [5, 5.41) is 13.1. The molecule has 8 nitrogen and oxygen atoms in total. The molecule has 3 aromatic carbocycles. The van der Waals surface area contributed by atoms with Gasteiger partial charge in [0.15, 0.2) is 0 Å². The topological polar surface area (TPSA) is 91.3 Å². The number of carbonyl (C=O) groups is 2. The van der Waals surface area contributed by atoms with Gasteiger partial charge >= 0.3 is 6.18 Å². The molecule has 0 radical (unpaired) electrons. The van der Waals surface area contributed by atoms with Gasteiger partial charge in [-0.2, -0.15) is 13.2 Å². The normalized spacial score (nSPS) is 20.2. The van der Waals surface area contributed by atoms with E-state index in [4.69, 9.17) is 9.47 Å². The van der Waals surface area contributed by atoms with E-state index < -0.39 is 17.8 Å². The second-order valence-corrected chi connectivity index (χ2v) is 13.1. The fraction of sp³-hybridized carbons (Fsp3) is 0.474. The third-order valence-corrected chi connectivity index (χ3v) is 8.77. The molecular formula is C38H48F3N3O5. The summed E-state index contributed by atoms with van der Waals surface area (Å²) in [6.07, 6.45) is -2.34. The van der Waals surface area contributed by atoms with Crippen LogP contribution in [0.5, 0.6) is 5.75 Å². The van der Waals surface area contributed by atoms with E-state index in [0.29, 0.717) is 31.1 Å². The first-order valence-electron chi connectivity index (χ1n) is 16.9. The number of nitrogens with zero attached hydrogens (tertiary/aromatic N) is 2. The van der Waals surface area contributed by atoms with Crippen LogP contribution in [0.4, 0.5) is 18.9 Å². The van der Waals surface area contributed by atoms with Crippen molar-refractivity contribution in [3.8, 4) is 5.75 Å². The zero-order valence-corrected chi connectivity index (χ0v) is 28.7. The van der Waals surface area contributed by atoms with Crippen LogP contribution in [0.3, 0.4) is 0 Å². The number of aliphatic hydroxyl groups excluding tert-OH is 1. The molecule has 0 bridgehead atoms. The van der Waals surface area contributed by atoms with Gasteiger partial charge in [-0.3, -0.25) is 14.5 Å². The molecule has 2 amide bonds. The lowest BCUT2D eigenvalue weighted by atomic mass is 10.0. The maximum absolute atomic E-state index is 14.3. The number of anilines is 1. The summed E-state index contributed by atoms with van der Waals surface area (Å²) < 4.78 is 51.9. The lowest BCUT2D eigenvalue weighted by Crippen LogP contribution is -2.47. The van der Waals surface area contributed by atoms with Gasteiger partial charge in [0, 0.05) is 37.8 Å². The third kappa shape index (κ3) is 11.3. The summed E-state index contributed by atoms with van der Waals surface area (Å²) in [6.45, 7) is 7.11. The SMILES string of the molecule is C[C@@H]1CCCCO[C@H](CN(C)Cc2ccc(C(F)(F)F)cc2)[C@H](C)CN([C@H](C)CO)C(=O)c2cc(NC(=O)Cc3ccccc3)ccc2O1. The molecule has 4 rings (SSSR count). The minimum atomic E-state index is -4.39. The highest BCUT2D eigenvalue weighted by molar-refractivity contribution is 6.00. The van der Waals surface area contributed by atoms with Gasteiger partial charge in [-0.1, -0.05) is 49.4 Å². The lowest BCUT2D eigenvalue weighted by molar-refractivity contribution is -0.137. The molecule has 4 atom stereocenters. The van der Waals surface area contributed by atoms with Crippen LogP contribution in [0.2, 0.25) is 0 Å². The summed E-state index contributed by atoms with van der Waals surface area (Å²) in [5.41, 5.74) is 1.66. The van der Waals surface area contributed by atoms with Crippen molar-refractivity contribution < 1.29 is 37.3 Å². The molecule has 1 aliphatic heterocycles. The zero-order chi connectivity index (χ0) is 35.6. The first-order valence-corrected chi connectivity index (χ1v) is 16.9. The van der Waals surface area contributed by atoms with E-state index in [-0.39, 0.29) is 55.1 Å². The number of hydrogen-bond acceptors (Lipinski definition) is 6. The maximum Gasteiger partial charge on any atom is 0.416 e. The van der Waals surface area contributed by atoms with Gasteiger partial charge in [-0.25, -0.2) is 0 Å². The largest absolute Gasteiger partial charge is 0.490 e. The van der Waals surface area contributed by atoms with E-state index in [0.717, 1.165) is 42.5 Å². The number of halogens is 3. The molecule has 0 spiro atoms. The van der Waals surface area contributed by atoms with Crippen LogP contribution in [0, 0.1) is 5.92 Å². The van der Waals surface area contributed by atoms with Crippen LogP contribution in [0.25, 0.3) is 0 Å². The zero-order valence-electron chi connectivity index (χ0n) is 28.7. The van der Waals surface area contributed by atoms with E-state index in [1.807, 2.05) is 56.1 Å². The number of alkyl halides is 3. The summed E-state index contributed by atoms with van der Waals surface area (Å²) in [6, 6.07) is 19.1. The summed E-state index contributed by atoms with van der Waals surface area (Å²) in [4.78, 5) is 30.9. The quantitative estimate of drug-likeness (QED) is 0.258. The Balaban J connectivity index is 1.56. The number of ether oxygens (including phenoxy) is 2. The average molecular weight is 684 g/mol. The average Bonchev–Trinajstić information content (AvgIpc) is 3.06. The molecule has 1 aliphatic rings. The number of aliphatic hydroxyl groups is 1. The van der Waals surface area contributed by atoms with Crippen LogP contribution in [0.1, 0.15) is 67.1 Å². The molecule has 0 saturated carbocycles. The van der Waals surface area contributed by atoms with Gasteiger partial charge in [0.25, 0.3) is 5.91 Å². The Labute approximate surface area is 287 Å². The van der Waals surface area contributed by atoms with Crippen molar-refractivity contribution in [3.05, 3.63) is 95.1 Å². The second-order valence-electron chi connectivity index (χ2n) is 13.1. The Morgan fingerprint density at radius 1 is 1.04 bits per heavy atom. The number of benzene rings is 3. The minimum absolute atomic E-state index is 0.173. The Kier molecular flexibility index (Phi) is 13.6. The number of rotatable bonds is 9. The fourth-order valence-electron chi connectivity index (χ4n) is 5.93. The van der Waals surface area contributed by atoms with Gasteiger partial charge in [0.2, 0.25) is 5.91 Å². The molecular weight excluding hydrogens is 635 g/mol. The van der Waals surface area contributed by atoms with Crippen LogP contribution in [0.15, 0.2) is 72.8 Å². The molecule has 3 aromatic rings. The molecule has 0 fully saturated rings. The van der Waals surface area contributed by atoms with Crippen molar-refractivity contribution in [2.24, 2.45) is 5.92 Å². The predicted octanol–water partition coefficient (Wildman–Crippen LogP) is 6.81. The number of amides is 2. The van der Waals surface area contributed by atoms with Crippen LogP contribution >= 0.6 is 0 Å². The molecule has 0 aromatic heterocycles. The third-order valence-electron chi connectivity index (χ3n) is 8.77. The highest BCUT2D eigenvalue weighted by Crippen LogP contribution is 2.30. The van der Waals surface area contributed by atoms with Crippen molar-refractivity contribution in [1.29, 1.82) is 0 Å². The van der Waals surface area contributed by atoms with E-state index in [2.05, 4.69) is 5.32 Å². The summed E-state index contributed by atoms with van der Waals surface area (Å²) in [7, 11) is 1.89. The molecule has 2 N–H and O–H groups in total. The van der Waals surface area contributed by atoms with Gasteiger partial charge in [0.05, 0.1) is 42.4 Å². The monoisotopic (exact) mass is 683 g/mol. The van der Waals surface area contributed by atoms with Gasteiger partial charge < -0.3 is 24.8 Å². The van der Waals surface area contributed by atoms with Crippen LogP contribution in [-0.2, 0) is 28.7 Å². The second kappa shape index (κ2) is 17.6. The first kappa shape index (κ1) is 37.9. The Morgan fingerprint density at radius 3 is 2.43 bits per heavy atom. The van der Waals surface area contributed by atoms with Crippen molar-refractivity contribution in [1.82, 2.24) is 9.80 Å². The van der Waals surface area contributed by atoms with Crippen molar-refractivity contribution in [2.75, 3.05) is 38.7 Å². The molecule has 1 heterocycles. The molecule has 0 unspecified atom stereocenters. The number of fused-ring (bicyclic) bond motifs is 1. The standard InChI is InChI=1S/C38H48F3N3O5/c1-26-22-44(27(2)25-45)37(47)33-21-32(42-36(46)20-29-11-6-5-7-12-29)17-18-34(33)49-28(3)10-8-9-19-48-35(26)24-43(4)23-30-13-15-31(16-14-30)38(39,40)41/h5-7,11-18,21,26-28,35,45H,8-10,19-20,22-25H2,1-4H3,(H,42,46)/t26-,27-,28-,35-/m1/s1. The molecule has 266 valence electrons. The maximum atomic E-state index is 14.3. The highest BCUT2D eigenvalue weighted by Gasteiger charge is 2.32. The van der Waals surface area contributed by atoms with E-state index >= 15 is 0 Å². The molecule has 49 heavy (non-hydrogen) atoms. The van der Waals surface area contributed by atoms with Gasteiger partial charge in [0.1, 0.15) is 5.75 Å². The molecule has 11 heteroatoms. The van der Waals surface area contributed by atoms with E-state index in [1.165, 1.54) is 12.1 Å². The highest BCUT2D eigenvalue weighted by atomic mass is 19.4. The number of likely N-dealkylation sites (N-methyl/N-ethyl adjacent to an activating group) is 1. The number of nitrogens with one attached hydrogen (secondary N) is 1. The Morgan fingerprint density at radius 2 is 1.76 bits per heavy atom.